The van der Waals surface area contributed by atoms with Gasteiger partial charge in [0.2, 0.25) is 0 Å². The molecule has 1 N–H and O–H groups in total. The minimum absolute atomic E-state index is 0.0638. The Morgan fingerprint density at radius 3 is 2.44 bits per heavy atom. The van der Waals surface area contributed by atoms with Crippen molar-refractivity contribution in [2.75, 3.05) is 5.32 Å². The van der Waals surface area contributed by atoms with E-state index < -0.39 is 0 Å². The van der Waals surface area contributed by atoms with Crippen molar-refractivity contribution >= 4 is 22.2 Å². The summed E-state index contributed by atoms with van der Waals surface area (Å²) in [6, 6.07) is 10.0. The summed E-state index contributed by atoms with van der Waals surface area (Å²) in [4.78, 5) is 13.9. The van der Waals surface area contributed by atoms with Crippen LogP contribution in [-0.2, 0) is 18.3 Å². The molecule has 0 spiro atoms. The third-order valence-electron chi connectivity index (χ3n) is 4.77. The Kier molecular flexibility index (Phi) is 4.96. The summed E-state index contributed by atoms with van der Waals surface area (Å²) in [6.07, 6.45) is 5.48. The molecule has 0 atom stereocenters. The highest BCUT2D eigenvalue weighted by atomic mass is 32.1. The first kappa shape index (κ1) is 17.7. The molecule has 1 aliphatic rings. The van der Waals surface area contributed by atoms with Crippen molar-refractivity contribution < 1.29 is 4.79 Å². The van der Waals surface area contributed by atoms with Gasteiger partial charge < -0.3 is 5.32 Å². The molecular weight excluding hydrogens is 328 g/mol. The quantitative estimate of drug-likeness (QED) is 0.732. The first-order chi connectivity index (χ1) is 11.9. The zero-order chi connectivity index (χ0) is 18.0. The molecule has 1 heterocycles. The van der Waals surface area contributed by atoms with E-state index in [-0.39, 0.29) is 11.3 Å². The number of benzene rings is 1. The van der Waals surface area contributed by atoms with E-state index in [1.165, 1.54) is 23.3 Å². The standard InChI is InChI=1S/C21H24N2OS/c1-21(2,3)15-11-9-14(10-12-15)19(24)23-20-17(13-22)16-7-5-4-6-8-18(16)25-20/h9-12H,4-8H2,1-3H3,(H,23,24). The Morgan fingerprint density at radius 1 is 1.12 bits per heavy atom. The fourth-order valence-corrected chi connectivity index (χ4v) is 4.48. The molecule has 3 rings (SSSR count). The second-order valence-electron chi connectivity index (χ2n) is 7.66. The fourth-order valence-electron chi connectivity index (χ4n) is 3.25. The van der Waals surface area contributed by atoms with Gasteiger partial charge in [-0.3, -0.25) is 4.79 Å². The number of aryl methyl sites for hydroxylation is 1. The minimum Gasteiger partial charge on any atom is -0.312 e. The molecule has 0 unspecified atom stereocenters. The fraction of sp³-hybridized carbons (Fsp3) is 0.429. The van der Waals surface area contributed by atoms with Gasteiger partial charge >= 0.3 is 0 Å². The van der Waals surface area contributed by atoms with E-state index in [0.29, 0.717) is 16.1 Å². The molecule has 4 heteroatoms. The maximum atomic E-state index is 12.6. The summed E-state index contributed by atoms with van der Waals surface area (Å²) >= 11 is 1.58. The van der Waals surface area contributed by atoms with Gasteiger partial charge in [-0.1, -0.05) is 39.3 Å². The minimum atomic E-state index is -0.145. The molecule has 130 valence electrons. The summed E-state index contributed by atoms with van der Waals surface area (Å²) in [5, 5.41) is 13.2. The first-order valence-corrected chi connectivity index (χ1v) is 9.68. The van der Waals surface area contributed by atoms with Gasteiger partial charge in [-0.15, -0.1) is 11.3 Å². The molecule has 0 bridgehead atoms. The van der Waals surface area contributed by atoms with Crippen LogP contribution in [0.5, 0.6) is 0 Å². The van der Waals surface area contributed by atoms with E-state index in [9.17, 15) is 10.1 Å². The Hall–Kier alpha value is -2.12. The average Bonchev–Trinajstić information content (AvgIpc) is 2.74. The Morgan fingerprint density at radius 2 is 1.80 bits per heavy atom. The van der Waals surface area contributed by atoms with Crippen LogP contribution in [0.2, 0.25) is 0 Å². The SMILES string of the molecule is CC(C)(C)c1ccc(C(=O)Nc2sc3c(c2C#N)CCCCC3)cc1. The number of fused-ring (bicyclic) bond motifs is 1. The molecule has 0 aliphatic heterocycles. The second kappa shape index (κ2) is 7.01. The average molecular weight is 353 g/mol. The first-order valence-electron chi connectivity index (χ1n) is 8.86. The number of nitrogens with one attached hydrogen (secondary N) is 1. The van der Waals surface area contributed by atoms with E-state index in [2.05, 4.69) is 32.2 Å². The van der Waals surface area contributed by atoms with Gasteiger partial charge in [0.15, 0.2) is 0 Å². The number of carbonyl (C=O) groups excluding carboxylic acids is 1. The second-order valence-corrected chi connectivity index (χ2v) is 8.77. The van der Waals surface area contributed by atoms with E-state index in [0.717, 1.165) is 24.8 Å². The van der Waals surface area contributed by atoms with Crippen LogP contribution in [0.15, 0.2) is 24.3 Å². The van der Waals surface area contributed by atoms with E-state index >= 15 is 0 Å². The highest BCUT2D eigenvalue weighted by Crippen LogP contribution is 2.37. The molecule has 0 fully saturated rings. The summed E-state index contributed by atoms with van der Waals surface area (Å²) in [5.41, 5.74) is 3.71. The third-order valence-corrected chi connectivity index (χ3v) is 5.98. The maximum Gasteiger partial charge on any atom is 0.256 e. The normalized spacial score (nSPS) is 14.3. The van der Waals surface area contributed by atoms with Crippen molar-refractivity contribution in [1.29, 1.82) is 5.26 Å². The van der Waals surface area contributed by atoms with Crippen LogP contribution in [0.4, 0.5) is 5.00 Å². The lowest BCUT2D eigenvalue weighted by molar-refractivity contribution is 0.102. The van der Waals surface area contributed by atoms with Crippen molar-refractivity contribution in [1.82, 2.24) is 0 Å². The van der Waals surface area contributed by atoms with Gasteiger partial charge in [-0.05, 0) is 54.4 Å². The van der Waals surface area contributed by atoms with Crippen LogP contribution >= 0.6 is 11.3 Å². The van der Waals surface area contributed by atoms with Crippen molar-refractivity contribution in [3.63, 3.8) is 0 Å². The molecule has 1 amide bonds. The van der Waals surface area contributed by atoms with Gasteiger partial charge in [-0.25, -0.2) is 0 Å². The number of carbonyl (C=O) groups is 1. The zero-order valence-electron chi connectivity index (χ0n) is 15.1. The molecule has 1 aliphatic carbocycles. The lowest BCUT2D eigenvalue weighted by atomic mass is 9.87. The topological polar surface area (TPSA) is 52.9 Å². The van der Waals surface area contributed by atoms with Crippen LogP contribution in [-0.4, -0.2) is 5.91 Å². The molecule has 1 aromatic heterocycles. The van der Waals surface area contributed by atoms with Crippen molar-refractivity contribution in [2.24, 2.45) is 0 Å². The number of rotatable bonds is 2. The van der Waals surface area contributed by atoms with Crippen molar-refractivity contribution in [3.05, 3.63) is 51.4 Å². The van der Waals surface area contributed by atoms with Gasteiger partial charge in [0, 0.05) is 10.4 Å². The number of nitriles is 1. The van der Waals surface area contributed by atoms with Crippen molar-refractivity contribution in [3.8, 4) is 6.07 Å². The Bertz CT molecular complexity index is 819. The third kappa shape index (κ3) is 3.77. The van der Waals surface area contributed by atoms with Crippen LogP contribution in [0.3, 0.4) is 0 Å². The van der Waals surface area contributed by atoms with E-state index in [1.807, 2.05) is 24.3 Å². The summed E-state index contributed by atoms with van der Waals surface area (Å²) in [5.74, 6) is -0.145. The summed E-state index contributed by atoms with van der Waals surface area (Å²) in [6.45, 7) is 6.46. The Labute approximate surface area is 153 Å². The van der Waals surface area contributed by atoms with Gasteiger partial charge in [0.25, 0.3) is 5.91 Å². The molecule has 1 aromatic carbocycles. The number of thiophene rings is 1. The zero-order valence-corrected chi connectivity index (χ0v) is 15.9. The molecule has 3 nitrogen and oxygen atoms in total. The highest BCUT2D eigenvalue weighted by molar-refractivity contribution is 7.16. The molecule has 0 saturated heterocycles. The van der Waals surface area contributed by atoms with E-state index in [1.54, 1.807) is 11.3 Å². The maximum absolute atomic E-state index is 12.6. The molecule has 0 saturated carbocycles. The molecule has 25 heavy (non-hydrogen) atoms. The predicted molar refractivity (Wildman–Crippen MR) is 103 cm³/mol. The van der Waals surface area contributed by atoms with Crippen LogP contribution in [0, 0.1) is 11.3 Å². The van der Waals surface area contributed by atoms with Crippen LogP contribution < -0.4 is 5.32 Å². The summed E-state index contributed by atoms with van der Waals surface area (Å²) < 4.78 is 0. The van der Waals surface area contributed by atoms with E-state index in [4.69, 9.17) is 0 Å². The predicted octanol–water partition coefficient (Wildman–Crippen LogP) is 5.44. The number of amides is 1. The van der Waals surface area contributed by atoms with Crippen LogP contribution in [0.25, 0.3) is 0 Å². The molecule has 2 aromatic rings. The smallest absolute Gasteiger partial charge is 0.256 e. The summed E-state index contributed by atoms with van der Waals surface area (Å²) in [7, 11) is 0. The Balaban J connectivity index is 1.83. The van der Waals surface area contributed by atoms with Gasteiger partial charge in [-0.2, -0.15) is 5.26 Å². The monoisotopic (exact) mass is 352 g/mol. The van der Waals surface area contributed by atoms with Crippen LogP contribution in [0.1, 0.15) is 72.0 Å². The van der Waals surface area contributed by atoms with Gasteiger partial charge in [0.05, 0.1) is 5.56 Å². The molecular formula is C21H24N2OS. The molecule has 0 radical (unpaired) electrons. The number of anilines is 1. The van der Waals surface area contributed by atoms with Crippen molar-refractivity contribution in [2.45, 2.75) is 58.3 Å². The number of nitrogens with zero attached hydrogens (tertiary/aromatic N) is 1. The lowest BCUT2D eigenvalue weighted by Gasteiger charge is -2.19. The number of hydrogen-bond acceptors (Lipinski definition) is 3. The lowest BCUT2D eigenvalue weighted by Crippen LogP contribution is -2.14. The van der Waals surface area contributed by atoms with Gasteiger partial charge in [0.1, 0.15) is 11.1 Å². The number of hydrogen-bond donors (Lipinski definition) is 1. The highest BCUT2D eigenvalue weighted by Gasteiger charge is 2.21. The largest absolute Gasteiger partial charge is 0.312 e.